The van der Waals surface area contributed by atoms with Gasteiger partial charge in [-0.05, 0) is 23.8 Å². The van der Waals surface area contributed by atoms with Gasteiger partial charge in [-0.3, -0.25) is 0 Å². The Hall–Kier alpha value is -3.09. The number of anilines is 3. The molecule has 0 unspecified atom stereocenters. The number of para-hydroxylation sites is 1. The maximum Gasteiger partial charge on any atom is 0.418 e. The third-order valence-electron chi connectivity index (χ3n) is 3.74. The van der Waals surface area contributed by atoms with E-state index in [0.29, 0.717) is 18.3 Å². The average Bonchev–Trinajstić information content (AvgIpc) is 2.62. The lowest BCUT2D eigenvalue weighted by Gasteiger charge is -2.18. The molecule has 0 amide bonds. The largest absolute Gasteiger partial charge is 0.418 e. The van der Waals surface area contributed by atoms with Crippen molar-refractivity contribution in [2.45, 2.75) is 12.7 Å². The van der Waals surface area contributed by atoms with Crippen molar-refractivity contribution in [1.82, 2.24) is 9.97 Å². The van der Waals surface area contributed by atoms with Crippen LogP contribution in [-0.2, 0) is 12.7 Å². The summed E-state index contributed by atoms with van der Waals surface area (Å²) in [5, 5.41) is 2.74. The molecule has 0 radical (unpaired) electrons. The minimum atomic E-state index is -4.44. The normalized spacial score (nSPS) is 11.2. The van der Waals surface area contributed by atoms with Crippen LogP contribution in [0.3, 0.4) is 0 Å². The van der Waals surface area contributed by atoms with Gasteiger partial charge in [0.15, 0.2) is 0 Å². The van der Waals surface area contributed by atoms with Crippen LogP contribution in [0, 0.1) is 0 Å². The molecule has 3 rings (SSSR count). The van der Waals surface area contributed by atoms with Crippen molar-refractivity contribution in [3.63, 3.8) is 0 Å². The van der Waals surface area contributed by atoms with Crippen LogP contribution < -0.4 is 10.2 Å². The van der Waals surface area contributed by atoms with Gasteiger partial charge in [0.2, 0.25) is 5.95 Å². The summed E-state index contributed by atoms with van der Waals surface area (Å²) >= 11 is 0. The van der Waals surface area contributed by atoms with Gasteiger partial charge in [0.25, 0.3) is 0 Å². The first-order valence-corrected chi connectivity index (χ1v) is 7.95. The van der Waals surface area contributed by atoms with Gasteiger partial charge >= 0.3 is 6.18 Å². The molecule has 0 bridgehead atoms. The second-order valence-corrected chi connectivity index (χ2v) is 5.75. The average molecular weight is 358 g/mol. The summed E-state index contributed by atoms with van der Waals surface area (Å²) in [6.07, 6.45) is -2.92. The molecule has 1 N–H and O–H groups in total. The van der Waals surface area contributed by atoms with E-state index in [9.17, 15) is 13.2 Å². The Balaban J connectivity index is 1.80. The van der Waals surface area contributed by atoms with Crippen molar-refractivity contribution in [3.05, 3.63) is 78.0 Å². The van der Waals surface area contributed by atoms with Gasteiger partial charge in [-0.25, -0.2) is 4.98 Å². The monoisotopic (exact) mass is 358 g/mol. The molecular formula is C19H17F3N4. The summed E-state index contributed by atoms with van der Waals surface area (Å²) in [5.41, 5.74) is 0.299. The number of rotatable bonds is 5. The lowest BCUT2D eigenvalue weighted by molar-refractivity contribution is -0.136. The predicted octanol–water partition coefficient (Wildman–Crippen LogP) is 4.88. The van der Waals surface area contributed by atoms with Crippen LogP contribution >= 0.6 is 0 Å². The first-order valence-electron chi connectivity index (χ1n) is 7.95. The Morgan fingerprint density at radius 2 is 1.65 bits per heavy atom. The number of benzene rings is 2. The van der Waals surface area contributed by atoms with Gasteiger partial charge in [-0.2, -0.15) is 18.2 Å². The Bertz CT molecular complexity index is 866. The van der Waals surface area contributed by atoms with Gasteiger partial charge in [0, 0.05) is 19.8 Å². The first-order chi connectivity index (χ1) is 12.4. The van der Waals surface area contributed by atoms with E-state index in [1.807, 2.05) is 42.3 Å². The maximum absolute atomic E-state index is 13.1. The molecule has 0 spiro atoms. The smallest absolute Gasteiger partial charge is 0.340 e. The molecule has 1 aromatic heterocycles. The van der Waals surface area contributed by atoms with E-state index in [-0.39, 0.29) is 5.69 Å². The lowest BCUT2D eigenvalue weighted by Crippen LogP contribution is -2.19. The van der Waals surface area contributed by atoms with Crippen molar-refractivity contribution < 1.29 is 13.2 Å². The number of halogens is 3. The van der Waals surface area contributed by atoms with Crippen LogP contribution in [0.4, 0.5) is 30.6 Å². The molecule has 4 nitrogen and oxygen atoms in total. The molecule has 1 heterocycles. The van der Waals surface area contributed by atoms with Gasteiger partial charge in [0.1, 0.15) is 5.82 Å². The summed E-state index contributed by atoms with van der Waals surface area (Å²) in [6.45, 7) is 0.587. The third-order valence-corrected chi connectivity index (χ3v) is 3.74. The Morgan fingerprint density at radius 3 is 2.38 bits per heavy atom. The van der Waals surface area contributed by atoms with Crippen LogP contribution in [0.5, 0.6) is 0 Å². The zero-order valence-corrected chi connectivity index (χ0v) is 14.0. The van der Waals surface area contributed by atoms with Crippen molar-refractivity contribution in [1.29, 1.82) is 0 Å². The fourth-order valence-electron chi connectivity index (χ4n) is 2.51. The van der Waals surface area contributed by atoms with E-state index in [4.69, 9.17) is 0 Å². The summed E-state index contributed by atoms with van der Waals surface area (Å²) in [6, 6.07) is 16.6. The van der Waals surface area contributed by atoms with Crippen LogP contribution in [-0.4, -0.2) is 17.0 Å². The minimum Gasteiger partial charge on any atom is -0.340 e. The topological polar surface area (TPSA) is 41.1 Å². The summed E-state index contributed by atoms with van der Waals surface area (Å²) < 4.78 is 39.4. The molecule has 0 atom stereocenters. The number of hydrogen-bond donors (Lipinski definition) is 1. The molecule has 7 heteroatoms. The van der Waals surface area contributed by atoms with Crippen LogP contribution in [0.15, 0.2) is 66.9 Å². The standard InChI is InChI=1S/C19H17F3N4/c1-26(13-14-7-3-2-4-8-14)18-23-12-11-17(25-18)24-16-10-6-5-9-15(16)19(20,21)22/h2-12H,13H2,1H3,(H,23,24,25). The molecule has 134 valence electrons. The lowest BCUT2D eigenvalue weighted by atomic mass is 10.1. The SMILES string of the molecule is CN(Cc1ccccc1)c1nccc(Nc2ccccc2C(F)(F)F)n1. The molecule has 0 saturated carbocycles. The molecule has 2 aromatic carbocycles. The molecule has 0 saturated heterocycles. The molecule has 0 aliphatic carbocycles. The highest BCUT2D eigenvalue weighted by Gasteiger charge is 2.33. The van der Waals surface area contributed by atoms with E-state index < -0.39 is 11.7 Å². The quantitative estimate of drug-likeness (QED) is 0.706. The number of aromatic nitrogens is 2. The van der Waals surface area contributed by atoms with Gasteiger partial charge < -0.3 is 10.2 Å². The second-order valence-electron chi connectivity index (χ2n) is 5.75. The summed E-state index contributed by atoms with van der Waals surface area (Å²) in [7, 11) is 1.83. The predicted molar refractivity (Wildman–Crippen MR) is 95.3 cm³/mol. The second kappa shape index (κ2) is 7.43. The van der Waals surface area contributed by atoms with E-state index in [2.05, 4.69) is 15.3 Å². The Labute approximate surface area is 149 Å². The molecule has 0 aliphatic rings. The first kappa shape index (κ1) is 17.7. The number of alkyl halides is 3. The fourth-order valence-corrected chi connectivity index (χ4v) is 2.51. The van der Waals surface area contributed by atoms with Crippen LogP contribution in [0.2, 0.25) is 0 Å². The molecular weight excluding hydrogens is 341 g/mol. The van der Waals surface area contributed by atoms with Crippen molar-refractivity contribution in [3.8, 4) is 0 Å². The van der Waals surface area contributed by atoms with Gasteiger partial charge in [-0.1, -0.05) is 42.5 Å². The zero-order chi connectivity index (χ0) is 18.6. The highest BCUT2D eigenvalue weighted by molar-refractivity contribution is 5.62. The molecule has 26 heavy (non-hydrogen) atoms. The van der Waals surface area contributed by atoms with E-state index in [1.165, 1.54) is 24.4 Å². The Kier molecular flexibility index (Phi) is 5.06. The highest BCUT2D eigenvalue weighted by Crippen LogP contribution is 2.35. The van der Waals surface area contributed by atoms with Crippen LogP contribution in [0.1, 0.15) is 11.1 Å². The van der Waals surface area contributed by atoms with Gasteiger partial charge in [0.05, 0.1) is 11.3 Å². The van der Waals surface area contributed by atoms with Crippen molar-refractivity contribution in [2.75, 3.05) is 17.3 Å². The maximum atomic E-state index is 13.1. The third kappa shape index (κ3) is 4.30. The van der Waals surface area contributed by atoms with E-state index in [1.54, 1.807) is 6.07 Å². The van der Waals surface area contributed by atoms with Gasteiger partial charge in [-0.15, -0.1) is 0 Å². The number of nitrogens with zero attached hydrogens (tertiary/aromatic N) is 3. The number of hydrogen-bond acceptors (Lipinski definition) is 4. The molecule has 0 aliphatic heterocycles. The highest BCUT2D eigenvalue weighted by atomic mass is 19.4. The zero-order valence-electron chi connectivity index (χ0n) is 14.0. The molecule has 3 aromatic rings. The summed E-state index contributed by atoms with van der Waals surface area (Å²) in [4.78, 5) is 10.4. The van der Waals surface area contributed by atoms with E-state index >= 15 is 0 Å². The minimum absolute atomic E-state index is 0.0460. The molecule has 0 fully saturated rings. The van der Waals surface area contributed by atoms with E-state index in [0.717, 1.165) is 11.6 Å². The van der Waals surface area contributed by atoms with Crippen molar-refractivity contribution in [2.24, 2.45) is 0 Å². The van der Waals surface area contributed by atoms with Crippen molar-refractivity contribution >= 4 is 17.5 Å². The number of nitrogens with one attached hydrogen (secondary N) is 1. The summed E-state index contributed by atoms with van der Waals surface area (Å²) in [5.74, 6) is 0.718. The van der Waals surface area contributed by atoms with Crippen LogP contribution in [0.25, 0.3) is 0 Å². The Morgan fingerprint density at radius 1 is 0.962 bits per heavy atom. The fraction of sp³-hybridized carbons (Fsp3) is 0.158.